The fourth-order valence-corrected chi connectivity index (χ4v) is 2.02. The van der Waals surface area contributed by atoms with Gasteiger partial charge < -0.3 is 4.90 Å². The van der Waals surface area contributed by atoms with Crippen LogP contribution in [0.2, 0.25) is 5.02 Å². The van der Waals surface area contributed by atoms with Gasteiger partial charge in [-0.15, -0.1) is 11.6 Å². The number of pyridine rings is 1. The second-order valence-electron chi connectivity index (χ2n) is 3.83. The van der Waals surface area contributed by atoms with Crippen LogP contribution in [0.5, 0.6) is 0 Å². The topological polar surface area (TPSA) is 33.2 Å². The summed E-state index contributed by atoms with van der Waals surface area (Å²) in [6.07, 6.45) is 3.19. The fraction of sp³-hybridized carbons (Fsp3) is 0.455. The molecule has 1 aromatic heterocycles. The molecule has 3 nitrogen and oxygen atoms in total. The van der Waals surface area contributed by atoms with Crippen LogP contribution in [-0.4, -0.2) is 34.3 Å². The molecule has 1 aliphatic heterocycles. The molecule has 0 spiro atoms. The predicted molar refractivity (Wildman–Crippen MR) is 64.0 cm³/mol. The van der Waals surface area contributed by atoms with Crippen molar-refractivity contribution in [3.63, 3.8) is 0 Å². The number of amides is 1. The van der Waals surface area contributed by atoms with E-state index in [4.69, 9.17) is 23.2 Å². The van der Waals surface area contributed by atoms with E-state index in [-0.39, 0.29) is 11.3 Å². The van der Waals surface area contributed by atoms with Gasteiger partial charge in [-0.05, 0) is 25.0 Å². The third-order valence-electron chi connectivity index (χ3n) is 2.66. The average molecular weight is 259 g/mol. The Morgan fingerprint density at radius 3 is 2.62 bits per heavy atom. The number of piperidine rings is 1. The lowest BCUT2D eigenvalue weighted by molar-refractivity contribution is 0.0720. The van der Waals surface area contributed by atoms with Crippen LogP contribution in [0, 0.1) is 0 Å². The number of hydrogen-bond acceptors (Lipinski definition) is 2. The van der Waals surface area contributed by atoms with Crippen LogP contribution in [0.25, 0.3) is 0 Å². The molecule has 2 rings (SSSR count). The van der Waals surface area contributed by atoms with Gasteiger partial charge in [0.15, 0.2) is 0 Å². The van der Waals surface area contributed by atoms with Gasteiger partial charge in [-0.3, -0.25) is 4.79 Å². The van der Waals surface area contributed by atoms with Crippen LogP contribution >= 0.6 is 23.2 Å². The maximum absolute atomic E-state index is 12.0. The van der Waals surface area contributed by atoms with Crippen molar-refractivity contribution in [2.24, 2.45) is 0 Å². The van der Waals surface area contributed by atoms with Gasteiger partial charge in [-0.1, -0.05) is 11.6 Å². The van der Waals surface area contributed by atoms with Crippen LogP contribution in [0.3, 0.4) is 0 Å². The minimum atomic E-state index is -0.0415. The normalized spacial score (nSPS) is 17.5. The quantitative estimate of drug-likeness (QED) is 0.726. The van der Waals surface area contributed by atoms with Crippen LogP contribution in [-0.2, 0) is 0 Å². The summed E-state index contributed by atoms with van der Waals surface area (Å²) in [5, 5.41) is 0.734. The second-order valence-corrected chi connectivity index (χ2v) is 4.88. The first kappa shape index (κ1) is 11.7. The average Bonchev–Trinajstić information content (AvgIpc) is 2.30. The van der Waals surface area contributed by atoms with E-state index in [1.165, 1.54) is 6.20 Å². The molecule has 0 bridgehead atoms. The summed E-state index contributed by atoms with van der Waals surface area (Å²) in [6, 6.07) is 3.33. The molecule has 1 amide bonds. The maximum Gasteiger partial charge on any atom is 0.272 e. The predicted octanol–water partition coefficient (Wildman–Crippen LogP) is 2.58. The zero-order chi connectivity index (χ0) is 11.5. The van der Waals surface area contributed by atoms with Crippen LogP contribution in [0.1, 0.15) is 23.3 Å². The molecule has 5 heteroatoms. The third kappa shape index (κ3) is 2.66. The number of carbonyl (C=O) groups excluding carboxylic acids is 1. The first-order valence-electron chi connectivity index (χ1n) is 5.22. The monoisotopic (exact) mass is 258 g/mol. The van der Waals surface area contributed by atoms with E-state index < -0.39 is 0 Å². The Balaban J connectivity index is 2.05. The molecule has 1 fully saturated rings. The van der Waals surface area contributed by atoms with E-state index in [1.807, 2.05) is 0 Å². The highest BCUT2D eigenvalue weighted by Crippen LogP contribution is 2.17. The zero-order valence-electron chi connectivity index (χ0n) is 8.70. The van der Waals surface area contributed by atoms with Gasteiger partial charge in [0, 0.05) is 24.7 Å². The zero-order valence-corrected chi connectivity index (χ0v) is 10.2. The van der Waals surface area contributed by atoms with Crippen molar-refractivity contribution in [3.8, 4) is 0 Å². The van der Waals surface area contributed by atoms with Gasteiger partial charge in [-0.2, -0.15) is 0 Å². The second kappa shape index (κ2) is 5.02. The summed E-state index contributed by atoms with van der Waals surface area (Å²) in [5.74, 6) is -0.0415. The SMILES string of the molecule is O=C(c1ccc(Cl)cn1)N1CCC(Cl)CC1. The summed E-state index contributed by atoms with van der Waals surface area (Å²) < 4.78 is 0. The molecule has 16 heavy (non-hydrogen) atoms. The molecule has 1 aromatic rings. The summed E-state index contributed by atoms with van der Waals surface area (Å²) in [4.78, 5) is 17.8. The van der Waals surface area contributed by atoms with E-state index >= 15 is 0 Å². The van der Waals surface area contributed by atoms with Crippen molar-refractivity contribution in [3.05, 3.63) is 29.0 Å². The first-order valence-corrected chi connectivity index (χ1v) is 6.03. The minimum Gasteiger partial charge on any atom is -0.337 e. The third-order valence-corrected chi connectivity index (χ3v) is 3.32. The molecule has 1 aliphatic rings. The molecule has 0 unspecified atom stereocenters. The summed E-state index contributed by atoms with van der Waals surface area (Å²) in [6.45, 7) is 1.41. The van der Waals surface area contributed by atoms with Crippen molar-refractivity contribution in [1.29, 1.82) is 0 Å². The molecule has 0 aliphatic carbocycles. The number of aromatic nitrogens is 1. The lowest BCUT2D eigenvalue weighted by atomic mass is 10.1. The molecular weight excluding hydrogens is 247 g/mol. The summed E-state index contributed by atoms with van der Waals surface area (Å²) in [7, 11) is 0. The molecule has 0 saturated carbocycles. The fourth-order valence-electron chi connectivity index (χ4n) is 1.72. The molecule has 0 radical (unpaired) electrons. The van der Waals surface area contributed by atoms with Gasteiger partial charge in [0.1, 0.15) is 5.69 Å². The number of rotatable bonds is 1. The summed E-state index contributed by atoms with van der Waals surface area (Å²) in [5.41, 5.74) is 0.442. The Bertz CT molecular complexity index is 372. The van der Waals surface area contributed by atoms with Crippen molar-refractivity contribution in [2.45, 2.75) is 18.2 Å². The van der Waals surface area contributed by atoms with Gasteiger partial charge >= 0.3 is 0 Å². The Kier molecular flexibility index (Phi) is 3.66. The number of nitrogens with zero attached hydrogens (tertiary/aromatic N) is 2. The number of halogens is 2. The lowest BCUT2D eigenvalue weighted by Crippen LogP contribution is -2.39. The molecule has 0 N–H and O–H groups in total. The smallest absolute Gasteiger partial charge is 0.272 e. The highest BCUT2D eigenvalue weighted by atomic mass is 35.5. The maximum atomic E-state index is 12.0. The van der Waals surface area contributed by atoms with Gasteiger partial charge in [0.05, 0.1) is 5.02 Å². The Morgan fingerprint density at radius 2 is 2.06 bits per heavy atom. The number of likely N-dealkylation sites (tertiary alicyclic amines) is 1. The Hall–Kier alpha value is -0.800. The van der Waals surface area contributed by atoms with Gasteiger partial charge in [0.25, 0.3) is 5.91 Å². The first-order chi connectivity index (χ1) is 7.66. The standard InChI is InChI=1S/C11H12Cl2N2O/c12-8-3-5-15(6-4-8)11(16)10-2-1-9(13)7-14-10/h1-2,7-8H,3-6H2. The molecule has 86 valence electrons. The van der Waals surface area contributed by atoms with E-state index in [0.29, 0.717) is 23.8 Å². The van der Waals surface area contributed by atoms with Gasteiger partial charge in [0.2, 0.25) is 0 Å². The van der Waals surface area contributed by atoms with Crippen molar-refractivity contribution >= 4 is 29.1 Å². The Labute approximate surface area is 104 Å². The van der Waals surface area contributed by atoms with Crippen LogP contribution in [0.15, 0.2) is 18.3 Å². The largest absolute Gasteiger partial charge is 0.337 e. The number of hydrogen-bond donors (Lipinski definition) is 0. The van der Waals surface area contributed by atoms with E-state index in [2.05, 4.69) is 4.98 Å². The number of carbonyl (C=O) groups is 1. The highest BCUT2D eigenvalue weighted by Gasteiger charge is 2.22. The van der Waals surface area contributed by atoms with Crippen molar-refractivity contribution < 1.29 is 4.79 Å². The highest BCUT2D eigenvalue weighted by molar-refractivity contribution is 6.30. The van der Waals surface area contributed by atoms with E-state index in [9.17, 15) is 4.79 Å². The molecule has 2 heterocycles. The molecular formula is C11H12Cl2N2O. The molecule has 1 saturated heterocycles. The minimum absolute atomic E-state index is 0.0415. The lowest BCUT2D eigenvalue weighted by Gasteiger charge is -2.28. The summed E-state index contributed by atoms with van der Waals surface area (Å²) >= 11 is 11.7. The van der Waals surface area contributed by atoms with Crippen LogP contribution in [0.4, 0.5) is 0 Å². The van der Waals surface area contributed by atoms with Crippen molar-refractivity contribution in [1.82, 2.24) is 9.88 Å². The van der Waals surface area contributed by atoms with Gasteiger partial charge in [-0.25, -0.2) is 4.98 Å². The molecule has 0 atom stereocenters. The van der Waals surface area contributed by atoms with Crippen molar-refractivity contribution in [2.75, 3.05) is 13.1 Å². The number of alkyl halides is 1. The Morgan fingerprint density at radius 1 is 1.38 bits per heavy atom. The van der Waals surface area contributed by atoms with Crippen LogP contribution < -0.4 is 0 Å². The van der Waals surface area contributed by atoms with E-state index in [0.717, 1.165) is 12.8 Å². The molecule has 0 aromatic carbocycles. The van der Waals surface area contributed by atoms with E-state index in [1.54, 1.807) is 17.0 Å².